The third-order valence-corrected chi connectivity index (χ3v) is 2.10. The zero-order chi connectivity index (χ0) is 11.3. The van der Waals surface area contributed by atoms with Crippen LogP contribution in [0.3, 0.4) is 0 Å². The Hall–Kier alpha value is -1.10. The molecule has 0 amide bonds. The van der Waals surface area contributed by atoms with Crippen LogP contribution >= 0.6 is 0 Å². The Morgan fingerprint density at radius 1 is 1.00 bits per heavy atom. The molecule has 0 aliphatic carbocycles. The van der Waals surface area contributed by atoms with Gasteiger partial charge in [0.25, 0.3) is 0 Å². The first-order chi connectivity index (χ1) is 7.09. The maximum atomic E-state index is 10.4. The van der Waals surface area contributed by atoms with E-state index in [9.17, 15) is 19.8 Å². The number of carbonyl (C=O) groups is 2. The quantitative estimate of drug-likeness (QED) is 0.656. The molecule has 89 valence electrons. The largest absolute Gasteiger partial charge is 2.00 e. The number of benzene rings is 1. The van der Waals surface area contributed by atoms with Crippen molar-refractivity contribution < 1.29 is 42.2 Å². The summed E-state index contributed by atoms with van der Waals surface area (Å²) in [5.41, 5.74) is 0.672. The van der Waals surface area contributed by atoms with Crippen molar-refractivity contribution in [3.63, 3.8) is 0 Å². The molecule has 0 saturated heterocycles. The zero-order valence-corrected chi connectivity index (χ0v) is 9.80. The van der Waals surface area contributed by atoms with Gasteiger partial charge in [-0.1, -0.05) is 30.3 Å². The van der Waals surface area contributed by atoms with Gasteiger partial charge in [0.2, 0.25) is 0 Å². The number of aliphatic carboxylic acids is 2. The van der Waals surface area contributed by atoms with Crippen LogP contribution in [0, 0.1) is 0 Å². The van der Waals surface area contributed by atoms with E-state index >= 15 is 0 Å². The van der Waals surface area contributed by atoms with E-state index in [1.165, 1.54) is 0 Å². The van der Waals surface area contributed by atoms with Gasteiger partial charge in [0, 0.05) is 11.9 Å². The smallest absolute Gasteiger partial charge is 0.550 e. The molecule has 0 unspecified atom stereocenters. The first-order valence-corrected chi connectivity index (χ1v) is 4.54. The van der Waals surface area contributed by atoms with Crippen LogP contribution in [0.5, 0.6) is 0 Å². The molecule has 0 aromatic heterocycles. The summed E-state index contributed by atoms with van der Waals surface area (Å²) >= 11 is 0. The molecule has 5 heteroatoms. The van der Waals surface area contributed by atoms with Crippen LogP contribution in [0.15, 0.2) is 30.3 Å². The van der Waals surface area contributed by atoms with Crippen molar-refractivity contribution in [3.05, 3.63) is 35.9 Å². The summed E-state index contributed by atoms with van der Waals surface area (Å²) in [6.07, 6.45) is -0.615. The molecule has 1 aromatic rings. The average molecular weight is 314 g/mol. The third-order valence-electron chi connectivity index (χ3n) is 2.10. The molecule has 16 heavy (non-hydrogen) atoms. The van der Waals surface area contributed by atoms with Gasteiger partial charge in [0.15, 0.2) is 0 Å². The fourth-order valence-corrected chi connectivity index (χ4v) is 1.44. The molecule has 1 rings (SSSR count). The molecule has 0 aliphatic heterocycles. The molecule has 0 atom stereocenters. The number of rotatable bonds is 5. The van der Waals surface area contributed by atoms with Crippen molar-refractivity contribution in [1.82, 2.24) is 0 Å². The Labute approximate surface area is 109 Å². The molecule has 0 saturated carbocycles. The van der Waals surface area contributed by atoms with E-state index in [1.54, 1.807) is 30.3 Å². The minimum absolute atomic E-state index is 0. The number of hydrogen-bond acceptors (Lipinski definition) is 4. The molecule has 0 aliphatic rings. The van der Waals surface area contributed by atoms with Crippen molar-refractivity contribution in [2.24, 2.45) is 0 Å². The van der Waals surface area contributed by atoms with Gasteiger partial charge in [-0.3, -0.25) is 0 Å². The van der Waals surface area contributed by atoms with E-state index in [0.717, 1.165) is 0 Å². The second-order valence-electron chi connectivity index (χ2n) is 3.26. The number of carboxylic acids is 2. The Bertz CT molecular complexity index is 334. The molecule has 0 fully saturated rings. The van der Waals surface area contributed by atoms with Crippen LogP contribution < -0.4 is 10.2 Å². The van der Waals surface area contributed by atoms with Crippen molar-refractivity contribution in [2.45, 2.75) is 18.8 Å². The maximum Gasteiger partial charge on any atom is 2.00 e. The molecule has 4 nitrogen and oxygen atoms in total. The number of hydrogen-bond donors (Lipinski definition) is 0. The minimum Gasteiger partial charge on any atom is -0.550 e. The van der Waals surface area contributed by atoms with Gasteiger partial charge in [-0.05, 0) is 24.3 Å². The Morgan fingerprint density at radius 2 is 1.44 bits per heavy atom. The van der Waals surface area contributed by atoms with Gasteiger partial charge in [0.05, 0.1) is 0 Å². The summed E-state index contributed by atoms with van der Waals surface area (Å²) in [5, 5.41) is 20.9. The van der Waals surface area contributed by atoms with Crippen molar-refractivity contribution in [1.29, 1.82) is 0 Å². The summed E-state index contributed by atoms with van der Waals surface area (Å²) in [7, 11) is 0. The number of carboxylic acid groups (broad SMARTS) is 2. The van der Waals surface area contributed by atoms with E-state index in [4.69, 9.17) is 0 Å². The summed E-state index contributed by atoms with van der Waals surface area (Å²) in [6, 6.07) is 8.62. The van der Waals surface area contributed by atoms with E-state index in [1.807, 2.05) is 0 Å². The Balaban J connectivity index is 0.00000225. The van der Waals surface area contributed by atoms with E-state index in [2.05, 4.69) is 0 Å². The summed E-state index contributed by atoms with van der Waals surface area (Å²) in [5.74, 6) is -3.10. The monoisotopic (exact) mass is 313 g/mol. The van der Waals surface area contributed by atoms with Gasteiger partial charge >= 0.3 is 22.4 Å². The minimum atomic E-state index is -1.26. The van der Waals surface area contributed by atoms with Gasteiger partial charge in [-0.2, -0.15) is 0 Å². The molecule has 1 aromatic carbocycles. The van der Waals surface area contributed by atoms with Crippen LogP contribution in [0.25, 0.3) is 0 Å². The fraction of sp³-hybridized carbons (Fsp3) is 0.273. The maximum absolute atomic E-state index is 10.4. The topological polar surface area (TPSA) is 80.3 Å². The summed E-state index contributed by atoms with van der Waals surface area (Å²) < 4.78 is 0. The normalized spacial score (nSPS) is 9.56. The van der Waals surface area contributed by atoms with Gasteiger partial charge in [-0.15, -0.1) is 0 Å². The zero-order valence-electron chi connectivity index (χ0n) is 8.31. The van der Waals surface area contributed by atoms with Crippen LogP contribution in [-0.2, 0) is 32.0 Å². The summed E-state index contributed by atoms with van der Waals surface area (Å²) in [4.78, 5) is 20.9. The average Bonchev–Trinajstić information content (AvgIpc) is 2.17. The molecule has 0 heterocycles. The SMILES string of the molecule is O=C([O-])CC(CC(=O)[O-])c1ccccc1.[Ag+2]. The van der Waals surface area contributed by atoms with Crippen LogP contribution in [0.2, 0.25) is 0 Å². The van der Waals surface area contributed by atoms with Gasteiger partial charge < -0.3 is 19.8 Å². The standard InChI is InChI=1S/C11H12O4.Ag/c12-10(13)6-9(7-11(14)15)8-4-2-1-3-5-8;/h1-5,9H,6-7H2,(H,12,13)(H,14,15);/q;+2/p-2. The Morgan fingerprint density at radius 3 is 1.81 bits per heavy atom. The first-order valence-electron chi connectivity index (χ1n) is 4.54. The second-order valence-corrected chi connectivity index (χ2v) is 3.26. The number of carbonyl (C=O) groups excluding carboxylic acids is 2. The molecule has 0 spiro atoms. The molecule has 1 radical (unpaired) electrons. The van der Waals surface area contributed by atoms with E-state index in [0.29, 0.717) is 5.56 Å². The van der Waals surface area contributed by atoms with Gasteiger partial charge in [-0.25, -0.2) is 0 Å². The van der Waals surface area contributed by atoms with Gasteiger partial charge in [0.1, 0.15) is 0 Å². The molecule has 0 N–H and O–H groups in total. The van der Waals surface area contributed by atoms with Crippen LogP contribution in [0.4, 0.5) is 0 Å². The van der Waals surface area contributed by atoms with Crippen molar-refractivity contribution >= 4 is 11.9 Å². The van der Waals surface area contributed by atoms with Crippen LogP contribution in [0.1, 0.15) is 24.3 Å². The Kier molecular flexibility index (Phi) is 6.72. The predicted octanol–water partition coefficient (Wildman–Crippen LogP) is -0.952. The third kappa shape index (κ3) is 5.11. The predicted molar refractivity (Wildman–Crippen MR) is 48.4 cm³/mol. The molecular formula is C11H10AgO4. The molecule has 0 bridgehead atoms. The summed E-state index contributed by atoms with van der Waals surface area (Å²) in [6.45, 7) is 0. The van der Waals surface area contributed by atoms with Crippen molar-refractivity contribution in [3.8, 4) is 0 Å². The van der Waals surface area contributed by atoms with E-state index in [-0.39, 0.29) is 35.2 Å². The second kappa shape index (κ2) is 7.22. The van der Waals surface area contributed by atoms with Crippen molar-refractivity contribution in [2.75, 3.05) is 0 Å². The first kappa shape index (κ1) is 14.9. The molecular weight excluding hydrogens is 304 g/mol. The van der Waals surface area contributed by atoms with E-state index < -0.39 is 17.9 Å². The fourth-order valence-electron chi connectivity index (χ4n) is 1.44. The van der Waals surface area contributed by atoms with Crippen LogP contribution in [-0.4, -0.2) is 11.9 Å².